The molecule has 0 fully saturated rings. The van der Waals surface area contributed by atoms with Crippen LogP contribution in [0.25, 0.3) is 0 Å². The van der Waals surface area contributed by atoms with Crippen molar-refractivity contribution in [2.45, 2.75) is 17.4 Å². The molecule has 2 aromatic carbocycles. The Morgan fingerprint density at radius 2 is 1.62 bits per heavy atom. The van der Waals surface area contributed by atoms with Crippen LogP contribution in [0, 0.1) is 5.82 Å². The Balaban J connectivity index is 2.26. The van der Waals surface area contributed by atoms with Crippen LogP contribution >= 0.6 is 31.9 Å². The van der Waals surface area contributed by atoms with Crippen molar-refractivity contribution < 1.29 is 17.6 Å². The molecule has 2 rings (SSSR count). The van der Waals surface area contributed by atoms with Crippen LogP contribution in [0.5, 0.6) is 0 Å². The van der Waals surface area contributed by atoms with Crippen LogP contribution in [0.4, 0.5) is 17.6 Å². The summed E-state index contributed by atoms with van der Waals surface area (Å²) in [6.07, 6.45) is -3.92. The molecule has 1 atom stereocenters. The highest BCUT2D eigenvalue weighted by Gasteiger charge is 2.31. The van der Waals surface area contributed by atoms with Gasteiger partial charge in [-0.25, -0.2) is 4.39 Å². The summed E-state index contributed by atoms with van der Waals surface area (Å²) in [5, 5.41) is 0. The maximum Gasteiger partial charge on any atom is 0.416 e. The molecule has 0 radical (unpaired) electrons. The summed E-state index contributed by atoms with van der Waals surface area (Å²) < 4.78 is 51.7. The molecule has 6 heteroatoms. The molecule has 0 aliphatic heterocycles. The van der Waals surface area contributed by atoms with Gasteiger partial charge in [0.2, 0.25) is 0 Å². The summed E-state index contributed by atoms with van der Waals surface area (Å²) in [5.74, 6) is -0.342. The lowest BCUT2D eigenvalue weighted by Gasteiger charge is -2.15. The van der Waals surface area contributed by atoms with Crippen molar-refractivity contribution in [2.75, 3.05) is 0 Å². The van der Waals surface area contributed by atoms with E-state index >= 15 is 0 Å². The van der Waals surface area contributed by atoms with E-state index in [0.29, 0.717) is 16.5 Å². The molecule has 2 aromatic rings. The fourth-order valence-corrected chi connectivity index (χ4v) is 3.48. The Morgan fingerprint density at radius 3 is 2.19 bits per heavy atom. The highest BCUT2D eigenvalue weighted by Crippen LogP contribution is 2.37. The van der Waals surface area contributed by atoms with Gasteiger partial charge in [0.05, 0.1) is 5.56 Å². The zero-order valence-corrected chi connectivity index (χ0v) is 13.8. The predicted molar refractivity (Wildman–Crippen MR) is 80.9 cm³/mol. The molecule has 0 aromatic heterocycles. The minimum Gasteiger partial charge on any atom is -0.207 e. The summed E-state index contributed by atoms with van der Waals surface area (Å²) in [7, 11) is 0. The van der Waals surface area contributed by atoms with Gasteiger partial charge in [-0.2, -0.15) is 13.2 Å². The van der Waals surface area contributed by atoms with E-state index in [2.05, 4.69) is 31.9 Å². The number of hydrogen-bond acceptors (Lipinski definition) is 0. The minimum absolute atomic E-state index is 0.306. The molecular formula is C15H10Br2F4. The topological polar surface area (TPSA) is 0 Å². The average molecular weight is 426 g/mol. The molecule has 0 bridgehead atoms. The standard InChI is InChI=1S/C15H10Br2F4/c16-13-6-3-10(15(19,20)21)8-12(13)14(17)7-9-1-4-11(18)5-2-9/h1-6,8,14H,7H2. The molecule has 0 spiro atoms. The van der Waals surface area contributed by atoms with Crippen LogP contribution in [0.3, 0.4) is 0 Å². The Hall–Kier alpha value is -0.880. The van der Waals surface area contributed by atoms with Gasteiger partial charge in [0.15, 0.2) is 0 Å². The molecule has 21 heavy (non-hydrogen) atoms. The summed E-state index contributed by atoms with van der Waals surface area (Å²) in [4.78, 5) is -0.306. The molecule has 0 saturated heterocycles. The fourth-order valence-electron chi connectivity index (χ4n) is 1.90. The third-order valence-corrected chi connectivity index (χ3v) is 4.53. The number of rotatable bonds is 3. The van der Waals surface area contributed by atoms with Crippen LogP contribution in [0.2, 0.25) is 0 Å². The van der Waals surface area contributed by atoms with Gasteiger partial charge < -0.3 is 0 Å². The van der Waals surface area contributed by atoms with Gasteiger partial charge in [0.1, 0.15) is 5.82 Å². The summed E-state index contributed by atoms with van der Waals surface area (Å²) in [6.45, 7) is 0. The Labute approximate surface area is 136 Å². The number of hydrogen-bond donors (Lipinski definition) is 0. The number of benzene rings is 2. The van der Waals surface area contributed by atoms with Crippen molar-refractivity contribution in [3.63, 3.8) is 0 Å². The largest absolute Gasteiger partial charge is 0.416 e. The lowest BCUT2D eigenvalue weighted by molar-refractivity contribution is -0.137. The van der Waals surface area contributed by atoms with Crippen molar-refractivity contribution in [3.8, 4) is 0 Å². The molecule has 0 heterocycles. The van der Waals surface area contributed by atoms with E-state index in [-0.39, 0.29) is 10.6 Å². The van der Waals surface area contributed by atoms with E-state index in [1.165, 1.54) is 18.2 Å². The summed E-state index contributed by atoms with van der Waals surface area (Å²) in [5.41, 5.74) is 0.654. The first-order valence-corrected chi connectivity index (χ1v) is 7.73. The lowest BCUT2D eigenvalue weighted by Crippen LogP contribution is -2.07. The second-order valence-electron chi connectivity index (χ2n) is 4.53. The maximum absolute atomic E-state index is 12.9. The first kappa shape index (κ1) is 16.5. The molecular weight excluding hydrogens is 416 g/mol. The maximum atomic E-state index is 12.9. The van der Waals surface area contributed by atoms with Crippen molar-refractivity contribution in [2.24, 2.45) is 0 Å². The zero-order valence-electron chi connectivity index (χ0n) is 10.6. The summed E-state index contributed by atoms with van der Waals surface area (Å²) >= 11 is 6.67. The minimum atomic E-state index is -4.38. The van der Waals surface area contributed by atoms with Crippen molar-refractivity contribution >= 4 is 31.9 Å². The monoisotopic (exact) mass is 424 g/mol. The van der Waals surface area contributed by atoms with Crippen LogP contribution in [-0.4, -0.2) is 0 Å². The van der Waals surface area contributed by atoms with Gasteiger partial charge in [-0.05, 0) is 47.9 Å². The second kappa shape index (κ2) is 6.48. The molecule has 0 nitrogen and oxygen atoms in total. The van der Waals surface area contributed by atoms with Crippen molar-refractivity contribution in [1.29, 1.82) is 0 Å². The van der Waals surface area contributed by atoms with E-state index in [0.717, 1.165) is 17.7 Å². The van der Waals surface area contributed by atoms with Crippen molar-refractivity contribution in [3.05, 3.63) is 69.4 Å². The second-order valence-corrected chi connectivity index (χ2v) is 6.49. The molecule has 1 unspecified atom stereocenters. The van der Waals surface area contributed by atoms with Gasteiger partial charge in [0.25, 0.3) is 0 Å². The van der Waals surface area contributed by atoms with E-state index in [1.807, 2.05) is 0 Å². The van der Waals surface area contributed by atoms with Crippen LogP contribution < -0.4 is 0 Å². The molecule has 0 aliphatic rings. The van der Waals surface area contributed by atoms with Gasteiger partial charge in [-0.1, -0.05) is 44.0 Å². The van der Waals surface area contributed by atoms with E-state index in [9.17, 15) is 17.6 Å². The molecule has 0 saturated carbocycles. The predicted octanol–water partition coefficient (Wildman–Crippen LogP) is 6.29. The molecule has 0 N–H and O–H groups in total. The average Bonchev–Trinajstić information content (AvgIpc) is 2.40. The molecule has 0 amide bonds. The molecule has 112 valence electrons. The third kappa shape index (κ3) is 4.30. The zero-order chi connectivity index (χ0) is 15.6. The SMILES string of the molecule is Fc1ccc(CC(Br)c2cc(C(F)(F)F)ccc2Br)cc1. The highest BCUT2D eigenvalue weighted by atomic mass is 79.9. The smallest absolute Gasteiger partial charge is 0.207 e. The van der Waals surface area contributed by atoms with E-state index in [1.54, 1.807) is 12.1 Å². The van der Waals surface area contributed by atoms with Crippen LogP contribution in [-0.2, 0) is 12.6 Å². The lowest BCUT2D eigenvalue weighted by atomic mass is 10.0. The summed E-state index contributed by atoms with van der Waals surface area (Å²) in [6, 6.07) is 9.43. The van der Waals surface area contributed by atoms with Crippen LogP contribution in [0.15, 0.2) is 46.9 Å². The van der Waals surface area contributed by atoms with Gasteiger partial charge in [0, 0.05) is 9.30 Å². The van der Waals surface area contributed by atoms with Crippen LogP contribution in [0.1, 0.15) is 21.5 Å². The fraction of sp³-hybridized carbons (Fsp3) is 0.200. The third-order valence-electron chi connectivity index (χ3n) is 2.99. The first-order chi connectivity index (χ1) is 9.77. The highest BCUT2D eigenvalue weighted by molar-refractivity contribution is 9.11. The quantitative estimate of drug-likeness (QED) is 0.400. The van der Waals surface area contributed by atoms with Crippen molar-refractivity contribution in [1.82, 2.24) is 0 Å². The number of halogens is 6. The van der Waals surface area contributed by atoms with E-state index < -0.39 is 11.7 Å². The first-order valence-electron chi connectivity index (χ1n) is 6.02. The van der Waals surface area contributed by atoms with Gasteiger partial charge in [-0.15, -0.1) is 0 Å². The van der Waals surface area contributed by atoms with Gasteiger partial charge >= 0.3 is 6.18 Å². The van der Waals surface area contributed by atoms with E-state index in [4.69, 9.17) is 0 Å². The number of alkyl halides is 4. The normalized spacial score (nSPS) is 13.2. The Morgan fingerprint density at radius 1 is 1.00 bits per heavy atom. The molecule has 0 aliphatic carbocycles. The van der Waals surface area contributed by atoms with Gasteiger partial charge in [-0.3, -0.25) is 0 Å². The Bertz CT molecular complexity index is 621. The Kier molecular flexibility index (Phi) is 5.09.